The van der Waals surface area contributed by atoms with Crippen LogP contribution in [0.15, 0.2) is 0 Å². The number of anilines is 2. The van der Waals surface area contributed by atoms with Crippen molar-refractivity contribution in [3.63, 3.8) is 0 Å². The highest BCUT2D eigenvalue weighted by atomic mass is 32.1. The molecule has 1 aromatic heterocycles. The van der Waals surface area contributed by atoms with E-state index in [9.17, 15) is 4.79 Å². The molecular formula is C11H18N4O2S. The van der Waals surface area contributed by atoms with Gasteiger partial charge in [-0.15, -0.1) is 0 Å². The number of hydrogen-bond acceptors (Lipinski definition) is 6. The van der Waals surface area contributed by atoms with Gasteiger partial charge in [-0.05, 0) is 37.2 Å². The van der Waals surface area contributed by atoms with Gasteiger partial charge in [0.2, 0.25) is 5.91 Å². The Hall–Kier alpha value is -1.50. The van der Waals surface area contributed by atoms with Crippen LogP contribution in [-0.2, 0) is 4.79 Å². The Balaban J connectivity index is 1.93. The third-order valence-corrected chi connectivity index (χ3v) is 4.12. The molecule has 5 N–H and O–H groups in total. The lowest BCUT2D eigenvalue weighted by molar-refractivity contribution is -0.122. The zero-order chi connectivity index (χ0) is 13.1. The first-order chi connectivity index (χ1) is 8.61. The topological polar surface area (TPSA) is 103 Å². The average Bonchev–Trinajstić information content (AvgIpc) is 2.70. The van der Waals surface area contributed by atoms with E-state index in [1.807, 2.05) is 0 Å². The molecule has 1 aromatic rings. The molecule has 0 aromatic carbocycles. The molecule has 0 aliphatic heterocycles. The lowest BCUT2D eigenvalue weighted by Crippen LogP contribution is -2.32. The molecule has 1 saturated carbocycles. The second kappa shape index (κ2) is 5.43. The Labute approximate surface area is 110 Å². The molecule has 0 radical (unpaired) electrons. The monoisotopic (exact) mass is 270 g/mol. The van der Waals surface area contributed by atoms with Gasteiger partial charge in [-0.3, -0.25) is 4.79 Å². The van der Waals surface area contributed by atoms with Crippen LogP contribution in [0.4, 0.5) is 10.8 Å². The number of nitrogens with one attached hydrogen (secondary N) is 1. The van der Waals surface area contributed by atoms with Crippen LogP contribution in [0.1, 0.15) is 25.7 Å². The number of aromatic nitrogens is 1. The molecule has 0 bridgehead atoms. The van der Waals surface area contributed by atoms with Crippen LogP contribution in [0.3, 0.4) is 0 Å². The fraction of sp³-hybridized carbons (Fsp3) is 0.636. The van der Waals surface area contributed by atoms with E-state index < -0.39 is 0 Å². The zero-order valence-corrected chi connectivity index (χ0v) is 11.1. The number of nitrogens with zero attached hydrogens (tertiary/aromatic N) is 1. The predicted molar refractivity (Wildman–Crippen MR) is 71.6 cm³/mol. The molecule has 6 nitrogen and oxygen atoms in total. The number of nitrogens with two attached hydrogens (primary N) is 2. The number of primary amides is 1. The van der Waals surface area contributed by atoms with E-state index in [1.165, 1.54) is 11.5 Å². The van der Waals surface area contributed by atoms with E-state index in [0.29, 0.717) is 17.6 Å². The number of hydrogen-bond donors (Lipinski definition) is 3. The first-order valence-corrected chi connectivity index (χ1v) is 6.74. The number of carbonyl (C=O) groups excluding carboxylic acids is 1. The minimum atomic E-state index is -0.187. The van der Waals surface area contributed by atoms with Gasteiger partial charge in [-0.2, -0.15) is 4.37 Å². The molecule has 7 heteroatoms. The summed E-state index contributed by atoms with van der Waals surface area (Å²) in [5.41, 5.74) is 11.0. The van der Waals surface area contributed by atoms with Crippen LogP contribution < -0.4 is 21.5 Å². The maximum atomic E-state index is 11.1. The van der Waals surface area contributed by atoms with Crippen LogP contribution in [0.2, 0.25) is 0 Å². The van der Waals surface area contributed by atoms with Crippen molar-refractivity contribution in [2.75, 3.05) is 18.2 Å². The Morgan fingerprint density at radius 2 is 2.11 bits per heavy atom. The van der Waals surface area contributed by atoms with Crippen LogP contribution in [0.25, 0.3) is 0 Å². The van der Waals surface area contributed by atoms with E-state index in [0.717, 1.165) is 30.7 Å². The van der Waals surface area contributed by atoms with E-state index >= 15 is 0 Å². The maximum absolute atomic E-state index is 11.1. The fourth-order valence-electron chi connectivity index (χ4n) is 2.29. The van der Waals surface area contributed by atoms with Crippen molar-refractivity contribution in [2.45, 2.75) is 31.7 Å². The normalized spacial score (nSPS) is 23.6. The van der Waals surface area contributed by atoms with Crippen molar-refractivity contribution in [3.8, 4) is 5.75 Å². The Kier molecular flexibility index (Phi) is 3.90. The second-order valence-corrected chi connectivity index (χ2v) is 5.30. The molecule has 1 amide bonds. The summed E-state index contributed by atoms with van der Waals surface area (Å²) < 4.78 is 9.26. The summed E-state index contributed by atoms with van der Waals surface area (Å²) in [7, 11) is 1.58. The summed E-state index contributed by atoms with van der Waals surface area (Å²) in [5.74, 6) is 0.859. The molecule has 1 aliphatic rings. The first kappa shape index (κ1) is 12.9. The Morgan fingerprint density at radius 1 is 1.44 bits per heavy atom. The summed E-state index contributed by atoms with van der Waals surface area (Å²) in [6.07, 6.45) is 3.52. The van der Waals surface area contributed by atoms with Gasteiger partial charge in [0.15, 0.2) is 16.6 Å². The fourth-order valence-corrected chi connectivity index (χ4v) is 3.05. The predicted octanol–water partition coefficient (Wildman–Crippen LogP) is 1.19. The molecule has 2 rings (SSSR count). The van der Waals surface area contributed by atoms with Gasteiger partial charge in [-0.1, -0.05) is 0 Å². The van der Waals surface area contributed by atoms with Crippen molar-refractivity contribution in [1.29, 1.82) is 0 Å². The van der Waals surface area contributed by atoms with Gasteiger partial charge in [0, 0.05) is 12.0 Å². The van der Waals surface area contributed by atoms with Crippen molar-refractivity contribution >= 4 is 28.3 Å². The van der Waals surface area contributed by atoms with Crippen LogP contribution in [0.5, 0.6) is 5.75 Å². The summed E-state index contributed by atoms with van der Waals surface area (Å²) >= 11 is 1.30. The number of rotatable bonds is 4. The van der Waals surface area contributed by atoms with E-state index in [2.05, 4.69) is 9.69 Å². The summed E-state index contributed by atoms with van der Waals surface area (Å²) in [5, 5.41) is 4.24. The summed E-state index contributed by atoms with van der Waals surface area (Å²) in [6, 6.07) is 0.328. The molecule has 1 aliphatic carbocycles. The van der Waals surface area contributed by atoms with Crippen LogP contribution >= 0.6 is 11.5 Å². The number of amides is 1. The molecule has 0 saturated heterocycles. The lowest BCUT2D eigenvalue weighted by atomic mass is 9.86. The SMILES string of the molecule is COc1c(N)nsc1NC1CCC(C(N)=O)CC1. The number of methoxy groups -OCH3 is 1. The Morgan fingerprint density at radius 3 is 2.67 bits per heavy atom. The highest BCUT2D eigenvalue weighted by Gasteiger charge is 2.25. The van der Waals surface area contributed by atoms with Crippen LogP contribution in [0, 0.1) is 5.92 Å². The first-order valence-electron chi connectivity index (χ1n) is 5.96. The molecule has 18 heavy (non-hydrogen) atoms. The average molecular weight is 270 g/mol. The number of nitrogen functional groups attached to an aromatic ring is 1. The second-order valence-electron chi connectivity index (χ2n) is 4.53. The molecule has 1 fully saturated rings. The zero-order valence-electron chi connectivity index (χ0n) is 10.3. The van der Waals surface area contributed by atoms with E-state index in [1.54, 1.807) is 7.11 Å². The van der Waals surface area contributed by atoms with Gasteiger partial charge in [0.05, 0.1) is 7.11 Å². The highest BCUT2D eigenvalue weighted by Crippen LogP contribution is 2.37. The third kappa shape index (κ3) is 2.66. The largest absolute Gasteiger partial charge is 0.490 e. The van der Waals surface area contributed by atoms with Crippen molar-refractivity contribution in [3.05, 3.63) is 0 Å². The van der Waals surface area contributed by atoms with Gasteiger partial charge in [-0.25, -0.2) is 0 Å². The van der Waals surface area contributed by atoms with Gasteiger partial charge < -0.3 is 21.5 Å². The standard InChI is InChI=1S/C11H18N4O2S/c1-17-8-9(12)15-18-11(8)14-7-4-2-6(3-5-7)10(13)16/h6-7,14H,2-5H2,1H3,(H2,12,15)(H2,13,16). The van der Waals surface area contributed by atoms with Gasteiger partial charge in [0.25, 0.3) is 0 Å². The summed E-state index contributed by atoms with van der Waals surface area (Å²) in [4.78, 5) is 11.1. The third-order valence-electron chi connectivity index (χ3n) is 3.34. The van der Waals surface area contributed by atoms with Gasteiger partial charge >= 0.3 is 0 Å². The van der Waals surface area contributed by atoms with Crippen molar-refractivity contribution < 1.29 is 9.53 Å². The Bertz CT molecular complexity index is 427. The van der Waals surface area contributed by atoms with Crippen molar-refractivity contribution in [1.82, 2.24) is 4.37 Å². The smallest absolute Gasteiger partial charge is 0.220 e. The van der Waals surface area contributed by atoms with Crippen LogP contribution in [-0.4, -0.2) is 23.4 Å². The number of carbonyl (C=O) groups is 1. The molecule has 1 heterocycles. The minimum Gasteiger partial charge on any atom is -0.490 e. The molecular weight excluding hydrogens is 252 g/mol. The lowest BCUT2D eigenvalue weighted by Gasteiger charge is -2.27. The molecule has 0 atom stereocenters. The number of ether oxygens (including phenoxy) is 1. The molecule has 0 unspecified atom stereocenters. The molecule has 0 spiro atoms. The summed E-state index contributed by atoms with van der Waals surface area (Å²) in [6.45, 7) is 0. The van der Waals surface area contributed by atoms with Gasteiger partial charge in [0.1, 0.15) is 0 Å². The maximum Gasteiger partial charge on any atom is 0.220 e. The molecule has 100 valence electrons. The van der Waals surface area contributed by atoms with E-state index in [4.69, 9.17) is 16.2 Å². The highest BCUT2D eigenvalue weighted by molar-refractivity contribution is 7.11. The van der Waals surface area contributed by atoms with Crippen molar-refractivity contribution in [2.24, 2.45) is 11.7 Å². The quantitative estimate of drug-likeness (QED) is 0.762. The minimum absolute atomic E-state index is 0.0245. The van der Waals surface area contributed by atoms with E-state index in [-0.39, 0.29) is 11.8 Å².